The quantitative estimate of drug-likeness (QED) is 0.365. The molecular formula is C20H39N3O3. The van der Waals surface area contributed by atoms with E-state index < -0.39 is 0 Å². The smallest absolute Gasteiger partial charge is 0.193 e. The van der Waals surface area contributed by atoms with Crippen molar-refractivity contribution in [3.8, 4) is 0 Å². The van der Waals surface area contributed by atoms with E-state index in [2.05, 4.69) is 22.1 Å². The molecule has 26 heavy (non-hydrogen) atoms. The van der Waals surface area contributed by atoms with Gasteiger partial charge >= 0.3 is 0 Å². The van der Waals surface area contributed by atoms with E-state index >= 15 is 0 Å². The average molecular weight is 370 g/mol. The van der Waals surface area contributed by atoms with Crippen LogP contribution < -0.4 is 5.32 Å². The van der Waals surface area contributed by atoms with Crippen LogP contribution in [0.2, 0.25) is 0 Å². The van der Waals surface area contributed by atoms with E-state index in [-0.39, 0.29) is 0 Å². The third-order valence-corrected chi connectivity index (χ3v) is 5.14. The molecule has 2 fully saturated rings. The summed E-state index contributed by atoms with van der Waals surface area (Å²) >= 11 is 0. The molecule has 0 aromatic heterocycles. The Morgan fingerprint density at radius 1 is 1.15 bits per heavy atom. The second-order valence-corrected chi connectivity index (χ2v) is 7.30. The second-order valence-electron chi connectivity index (χ2n) is 7.30. The molecule has 1 N–H and O–H groups in total. The van der Waals surface area contributed by atoms with Gasteiger partial charge in [-0.2, -0.15) is 0 Å². The number of nitrogens with one attached hydrogen (secondary N) is 1. The number of rotatable bonds is 10. The lowest BCUT2D eigenvalue weighted by atomic mass is 10.1. The fourth-order valence-electron chi connectivity index (χ4n) is 3.47. The van der Waals surface area contributed by atoms with E-state index in [1.54, 1.807) is 0 Å². The Labute approximate surface area is 159 Å². The highest BCUT2D eigenvalue weighted by atomic mass is 16.5. The van der Waals surface area contributed by atoms with Gasteiger partial charge in [0, 0.05) is 46.5 Å². The highest BCUT2D eigenvalue weighted by molar-refractivity contribution is 5.79. The first-order valence-electron chi connectivity index (χ1n) is 10.6. The van der Waals surface area contributed by atoms with Gasteiger partial charge in [-0.25, -0.2) is 0 Å². The van der Waals surface area contributed by atoms with Crippen molar-refractivity contribution in [1.29, 1.82) is 0 Å². The normalized spacial score (nSPS) is 22.6. The molecule has 0 aromatic carbocycles. The zero-order valence-corrected chi connectivity index (χ0v) is 16.9. The van der Waals surface area contributed by atoms with E-state index in [1.807, 2.05) is 7.05 Å². The molecule has 0 aliphatic carbocycles. The Bertz CT molecular complexity index is 378. The van der Waals surface area contributed by atoms with E-state index in [0.717, 1.165) is 84.1 Å². The number of unbranched alkanes of at least 4 members (excludes halogenated alkanes) is 1. The predicted octanol–water partition coefficient (Wildman–Crippen LogP) is 2.82. The summed E-state index contributed by atoms with van der Waals surface area (Å²) in [4.78, 5) is 6.78. The van der Waals surface area contributed by atoms with Crippen molar-refractivity contribution in [2.45, 2.75) is 70.5 Å². The number of aliphatic imine (C=N–C) groups is 1. The molecule has 0 amide bonds. The van der Waals surface area contributed by atoms with Crippen molar-refractivity contribution < 1.29 is 14.2 Å². The molecule has 2 heterocycles. The van der Waals surface area contributed by atoms with Crippen LogP contribution >= 0.6 is 0 Å². The Morgan fingerprint density at radius 3 is 2.65 bits per heavy atom. The summed E-state index contributed by atoms with van der Waals surface area (Å²) < 4.78 is 17.5. The molecule has 2 saturated heterocycles. The maximum Gasteiger partial charge on any atom is 0.193 e. The number of hydrogen-bond donors (Lipinski definition) is 1. The van der Waals surface area contributed by atoms with E-state index in [9.17, 15) is 0 Å². The van der Waals surface area contributed by atoms with Gasteiger partial charge in [0.25, 0.3) is 0 Å². The molecule has 0 aromatic rings. The summed E-state index contributed by atoms with van der Waals surface area (Å²) in [6.45, 7) is 8.47. The highest BCUT2D eigenvalue weighted by Crippen LogP contribution is 2.17. The van der Waals surface area contributed by atoms with Gasteiger partial charge in [0.15, 0.2) is 5.96 Å². The number of ether oxygens (including phenoxy) is 3. The van der Waals surface area contributed by atoms with Crippen molar-refractivity contribution in [3.05, 3.63) is 0 Å². The molecule has 2 rings (SSSR count). The maximum absolute atomic E-state index is 6.10. The summed E-state index contributed by atoms with van der Waals surface area (Å²) in [5.74, 6) is 1.01. The van der Waals surface area contributed by atoms with Crippen LogP contribution in [0.3, 0.4) is 0 Å². The van der Waals surface area contributed by atoms with Gasteiger partial charge in [-0.15, -0.1) is 0 Å². The molecule has 2 aliphatic heterocycles. The van der Waals surface area contributed by atoms with Crippen LogP contribution in [-0.4, -0.2) is 76.2 Å². The van der Waals surface area contributed by atoms with Crippen molar-refractivity contribution in [2.75, 3.05) is 53.1 Å². The fourth-order valence-corrected chi connectivity index (χ4v) is 3.47. The van der Waals surface area contributed by atoms with Crippen molar-refractivity contribution in [3.63, 3.8) is 0 Å². The van der Waals surface area contributed by atoms with E-state index in [1.165, 1.54) is 19.3 Å². The van der Waals surface area contributed by atoms with E-state index in [0.29, 0.717) is 12.2 Å². The van der Waals surface area contributed by atoms with Crippen LogP contribution in [0, 0.1) is 0 Å². The van der Waals surface area contributed by atoms with Crippen molar-refractivity contribution >= 4 is 5.96 Å². The Hall–Kier alpha value is -0.850. The van der Waals surface area contributed by atoms with Crippen LogP contribution in [0.25, 0.3) is 0 Å². The van der Waals surface area contributed by atoms with Crippen LogP contribution in [0.5, 0.6) is 0 Å². The number of piperidine rings is 1. The molecule has 0 saturated carbocycles. The van der Waals surface area contributed by atoms with Gasteiger partial charge < -0.3 is 24.4 Å². The minimum atomic E-state index is 0.316. The number of likely N-dealkylation sites (tertiary alicyclic amines) is 1. The molecule has 0 radical (unpaired) electrons. The summed E-state index contributed by atoms with van der Waals surface area (Å²) in [6.07, 6.45) is 9.79. The lowest BCUT2D eigenvalue weighted by molar-refractivity contribution is -0.0721. The standard InChI is InChI=1S/C20H39N3O3/c1-3-4-14-24-15-7-11-22-20(21-2)23-12-9-18(10-13-23)26-17-19-8-5-6-16-25-19/h18-19H,3-17H2,1-2H3,(H,21,22). The first kappa shape index (κ1) is 21.5. The van der Waals surface area contributed by atoms with E-state index in [4.69, 9.17) is 14.2 Å². The number of guanidine groups is 1. The second kappa shape index (κ2) is 13.3. The SMILES string of the molecule is CCCCOCCCNC(=NC)N1CCC(OCC2CCCCO2)CC1. The zero-order valence-electron chi connectivity index (χ0n) is 16.9. The maximum atomic E-state index is 6.10. The molecule has 1 atom stereocenters. The molecule has 6 heteroatoms. The van der Waals surface area contributed by atoms with Crippen LogP contribution in [0.1, 0.15) is 58.3 Å². The van der Waals surface area contributed by atoms with Gasteiger partial charge in [-0.3, -0.25) is 4.99 Å². The van der Waals surface area contributed by atoms with Crippen molar-refractivity contribution in [2.24, 2.45) is 4.99 Å². The summed E-state index contributed by atoms with van der Waals surface area (Å²) in [6, 6.07) is 0. The summed E-state index contributed by atoms with van der Waals surface area (Å²) in [5, 5.41) is 3.46. The number of nitrogens with zero attached hydrogens (tertiary/aromatic N) is 2. The fraction of sp³-hybridized carbons (Fsp3) is 0.950. The molecule has 2 aliphatic rings. The summed E-state index contributed by atoms with van der Waals surface area (Å²) in [5.41, 5.74) is 0. The third-order valence-electron chi connectivity index (χ3n) is 5.14. The molecule has 152 valence electrons. The lowest BCUT2D eigenvalue weighted by Crippen LogP contribution is -2.47. The molecule has 6 nitrogen and oxygen atoms in total. The summed E-state index contributed by atoms with van der Waals surface area (Å²) in [7, 11) is 1.86. The lowest BCUT2D eigenvalue weighted by Gasteiger charge is -2.35. The highest BCUT2D eigenvalue weighted by Gasteiger charge is 2.23. The first-order valence-corrected chi connectivity index (χ1v) is 10.6. The van der Waals surface area contributed by atoms with Crippen LogP contribution in [0.15, 0.2) is 4.99 Å². The molecule has 0 bridgehead atoms. The van der Waals surface area contributed by atoms with Gasteiger partial charge in [0.05, 0.1) is 18.8 Å². The Kier molecular flexibility index (Phi) is 11.0. The van der Waals surface area contributed by atoms with Crippen molar-refractivity contribution in [1.82, 2.24) is 10.2 Å². The van der Waals surface area contributed by atoms with Gasteiger partial charge in [-0.1, -0.05) is 13.3 Å². The predicted molar refractivity (Wildman–Crippen MR) is 106 cm³/mol. The van der Waals surface area contributed by atoms with Gasteiger partial charge in [-0.05, 0) is 44.9 Å². The van der Waals surface area contributed by atoms with Crippen LogP contribution in [-0.2, 0) is 14.2 Å². The number of hydrogen-bond acceptors (Lipinski definition) is 4. The molecule has 1 unspecified atom stereocenters. The minimum absolute atomic E-state index is 0.316. The molecular weight excluding hydrogens is 330 g/mol. The monoisotopic (exact) mass is 369 g/mol. The molecule has 0 spiro atoms. The third kappa shape index (κ3) is 8.23. The Morgan fingerprint density at radius 2 is 1.96 bits per heavy atom. The van der Waals surface area contributed by atoms with Gasteiger partial charge in [0.2, 0.25) is 0 Å². The van der Waals surface area contributed by atoms with Crippen LogP contribution in [0.4, 0.5) is 0 Å². The average Bonchev–Trinajstić information content (AvgIpc) is 2.70. The Balaban J connectivity index is 1.55. The largest absolute Gasteiger partial charge is 0.381 e. The zero-order chi connectivity index (χ0) is 18.5. The first-order chi connectivity index (χ1) is 12.8. The minimum Gasteiger partial charge on any atom is -0.381 e. The topological polar surface area (TPSA) is 55.3 Å². The van der Waals surface area contributed by atoms with Gasteiger partial charge in [0.1, 0.15) is 0 Å².